The molecular weight excluding hydrogens is 323 g/mol. The topological polar surface area (TPSA) is 94.8 Å². The van der Waals surface area contributed by atoms with Crippen molar-refractivity contribution in [2.75, 3.05) is 18.5 Å². The molecule has 1 aromatic heterocycles. The second-order valence-corrected chi connectivity index (χ2v) is 4.13. The minimum absolute atomic E-state index is 0.0318. The van der Waals surface area contributed by atoms with E-state index in [4.69, 9.17) is 9.15 Å². The van der Waals surface area contributed by atoms with Crippen molar-refractivity contribution < 1.29 is 41.4 Å². The maximum absolute atomic E-state index is 12.3. The summed E-state index contributed by atoms with van der Waals surface area (Å²) in [7, 11) is 0. The molecule has 23 heavy (non-hydrogen) atoms. The Hall–Kier alpha value is -2.52. The van der Waals surface area contributed by atoms with E-state index in [0.717, 1.165) is 0 Å². The second kappa shape index (κ2) is 7.16. The molecule has 0 saturated carbocycles. The lowest BCUT2D eigenvalue weighted by molar-refractivity contribution is -0.167. The number of carbonyl (C=O) groups is 3. The maximum Gasteiger partial charge on any atom is 0.471 e. The first kappa shape index (κ1) is 18.5. The Morgan fingerprint density at radius 1 is 1.04 bits per heavy atom. The third-order valence-corrected chi connectivity index (χ3v) is 2.53. The van der Waals surface area contributed by atoms with E-state index in [1.165, 1.54) is 26.1 Å². The third kappa shape index (κ3) is 4.24. The number of halogens is 3. The van der Waals surface area contributed by atoms with Crippen molar-refractivity contribution in [1.29, 1.82) is 0 Å². The number of rotatable bonds is 5. The monoisotopic (exact) mass is 337 g/mol. The lowest BCUT2D eigenvalue weighted by atomic mass is 10.1. The van der Waals surface area contributed by atoms with Crippen LogP contribution in [0.5, 0.6) is 0 Å². The number of furan rings is 1. The van der Waals surface area contributed by atoms with Crippen LogP contribution in [0.25, 0.3) is 0 Å². The van der Waals surface area contributed by atoms with Crippen molar-refractivity contribution in [3.05, 3.63) is 16.9 Å². The summed E-state index contributed by atoms with van der Waals surface area (Å²) in [5.74, 6) is -5.48. The second-order valence-electron chi connectivity index (χ2n) is 4.13. The smallest absolute Gasteiger partial charge is 0.462 e. The Morgan fingerprint density at radius 3 is 1.96 bits per heavy atom. The van der Waals surface area contributed by atoms with Gasteiger partial charge in [-0.25, -0.2) is 9.59 Å². The van der Waals surface area contributed by atoms with E-state index in [1.807, 2.05) is 0 Å². The highest BCUT2D eigenvalue weighted by molar-refractivity contribution is 6.09. The molecule has 0 spiro atoms. The molecule has 0 fully saturated rings. The molecule has 1 aromatic rings. The highest BCUT2D eigenvalue weighted by atomic mass is 19.4. The molecule has 7 nitrogen and oxygen atoms in total. The van der Waals surface area contributed by atoms with Gasteiger partial charge in [-0.15, -0.1) is 0 Å². The minimum atomic E-state index is -5.20. The van der Waals surface area contributed by atoms with Gasteiger partial charge in [0, 0.05) is 0 Å². The largest absolute Gasteiger partial charge is 0.471 e. The molecule has 1 rings (SSSR count). The lowest BCUT2D eigenvalue weighted by Gasteiger charge is -2.08. The number of amides is 1. The van der Waals surface area contributed by atoms with E-state index < -0.39 is 41.0 Å². The van der Waals surface area contributed by atoms with Crippen molar-refractivity contribution >= 4 is 23.7 Å². The van der Waals surface area contributed by atoms with E-state index in [-0.39, 0.29) is 19.0 Å². The van der Waals surface area contributed by atoms with Crippen LogP contribution >= 0.6 is 0 Å². The number of hydrogen-bond donors (Lipinski definition) is 1. The zero-order valence-electron chi connectivity index (χ0n) is 12.5. The van der Waals surface area contributed by atoms with E-state index >= 15 is 0 Å². The van der Waals surface area contributed by atoms with Crippen LogP contribution in [-0.2, 0) is 14.3 Å². The Balaban J connectivity index is 3.35. The molecule has 1 N–H and O–H groups in total. The number of anilines is 1. The average molecular weight is 337 g/mol. The van der Waals surface area contributed by atoms with E-state index in [9.17, 15) is 27.6 Å². The van der Waals surface area contributed by atoms with E-state index in [2.05, 4.69) is 4.74 Å². The van der Waals surface area contributed by atoms with Gasteiger partial charge in [0.1, 0.15) is 16.9 Å². The first-order valence-electron chi connectivity index (χ1n) is 6.49. The number of alkyl halides is 3. The molecule has 128 valence electrons. The fraction of sp³-hybridized carbons (Fsp3) is 0.462. The van der Waals surface area contributed by atoms with Crippen LogP contribution < -0.4 is 5.32 Å². The minimum Gasteiger partial charge on any atom is -0.462 e. The summed E-state index contributed by atoms with van der Waals surface area (Å²) in [4.78, 5) is 34.8. The Bertz CT molecular complexity index is 620. The molecule has 10 heteroatoms. The number of hydrogen-bond acceptors (Lipinski definition) is 6. The molecule has 0 aliphatic heterocycles. The van der Waals surface area contributed by atoms with Crippen LogP contribution in [0.15, 0.2) is 4.42 Å². The fourth-order valence-corrected chi connectivity index (χ4v) is 1.65. The molecule has 1 amide bonds. The molecule has 0 atom stereocenters. The van der Waals surface area contributed by atoms with Gasteiger partial charge in [-0.3, -0.25) is 10.1 Å². The summed E-state index contributed by atoms with van der Waals surface area (Å²) in [5.41, 5.74) is -1.02. The van der Waals surface area contributed by atoms with Gasteiger partial charge in [0.15, 0.2) is 0 Å². The highest BCUT2D eigenvalue weighted by Gasteiger charge is 2.41. The van der Waals surface area contributed by atoms with Crippen molar-refractivity contribution in [2.45, 2.75) is 26.9 Å². The van der Waals surface area contributed by atoms with Crippen molar-refractivity contribution in [2.24, 2.45) is 0 Å². The number of ether oxygens (including phenoxy) is 2. The van der Waals surface area contributed by atoms with Gasteiger partial charge in [0.05, 0.1) is 13.2 Å². The standard InChI is InChI=1S/C13H14F3NO6/c1-4-21-10(18)7-6(3)23-9(8(7)11(19)22-5-2)17-12(20)13(14,15)16/h4-5H2,1-3H3,(H,17,20). The van der Waals surface area contributed by atoms with Crippen molar-refractivity contribution in [1.82, 2.24) is 0 Å². The molecule has 1 heterocycles. The Kier molecular flexibility index (Phi) is 5.77. The normalized spacial score (nSPS) is 11.0. The van der Waals surface area contributed by atoms with Gasteiger partial charge in [-0.1, -0.05) is 0 Å². The molecule has 0 aliphatic rings. The van der Waals surface area contributed by atoms with E-state index in [0.29, 0.717) is 0 Å². The van der Waals surface area contributed by atoms with Gasteiger partial charge < -0.3 is 13.9 Å². The highest BCUT2D eigenvalue weighted by Crippen LogP contribution is 2.30. The van der Waals surface area contributed by atoms with Gasteiger partial charge in [-0.2, -0.15) is 13.2 Å². The summed E-state index contributed by atoms with van der Waals surface area (Å²) in [6.07, 6.45) is -5.20. The third-order valence-electron chi connectivity index (χ3n) is 2.53. The predicted octanol–water partition coefficient (Wildman–Crippen LogP) is 2.44. The van der Waals surface area contributed by atoms with Gasteiger partial charge in [-0.05, 0) is 20.8 Å². The number of carbonyl (C=O) groups excluding carboxylic acids is 3. The van der Waals surface area contributed by atoms with Crippen LogP contribution in [0.4, 0.5) is 19.1 Å². The first-order chi connectivity index (χ1) is 10.6. The van der Waals surface area contributed by atoms with Crippen LogP contribution in [0.2, 0.25) is 0 Å². The summed E-state index contributed by atoms with van der Waals surface area (Å²) in [6, 6.07) is 0. The summed E-state index contributed by atoms with van der Waals surface area (Å²) in [6.45, 7) is 4.07. The van der Waals surface area contributed by atoms with E-state index in [1.54, 1.807) is 0 Å². The first-order valence-corrected chi connectivity index (χ1v) is 6.49. The Morgan fingerprint density at radius 2 is 1.52 bits per heavy atom. The maximum atomic E-state index is 12.3. The van der Waals surface area contributed by atoms with Crippen LogP contribution in [0, 0.1) is 6.92 Å². The molecule has 0 unspecified atom stereocenters. The zero-order chi connectivity index (χ0) is 17.8. The quantitative estimate of drug-likeness (QED) is 0.829. The predicted molar refractivity (Wildman–Crippen MR) is 70.0 cm³/mol. The number of aryl methyl sites for hydroxylation is 1. The SMILES string of the molecule is CCOC(=O)c1c(C)oc(NC(=O)C(F)(F)F)c1C(=O)OCC. The van der Waals surface area contributed by atoms with Gasteiger partial charge >= 0.3 is 24.0 Å². The molecule has 0 aromatic carbocycles. The van der Waals surface area contributed by atoms with Crippen molar-refractivity contribution in [3.63, 3.8) is 0 Å². The number of esters is 2. The summed E-state index contributed by atoms with van der Waals surface area (Å²) >= 11 is 0. The molecule has 0 saturated heterocycles. The average Bonchev–Trinajstić information content (AvgIpc) is 2.74. The van der Waals surface area contributed by atoms with Crippen molar-refractivity contribution in [3.8, 4) is 0 Å². The Labute approximate surface area is 128 Å². The number of nitrogens with one attached hydrogen (secondary N) is 1. The lowest BCUT2D eigenvalue weighted by Crippen LogP contribution is -2.30. The van der Waals surface area contributed by atoms with Crippen LogP contribution in [0.3, 0.4) is 0 Å². The molecule has 0 bridgehead atoms. The fourth-order valence-electron chi connectivity index (χ4n) is 1.65. The van der Waals surface area contributed by atoms with Gasteiger partial charge in [0.25, 0.3) is 0 Å². The zero-order valence-corrected chi connectivity index (χ0v) is 12.5. The molecule has 0 aliphatic carbocycles. The van der Waals surface area contributed by atoms with Crippen LogP contribution in [0.1, 0.15) is 40.3 Å². The molecule has 0 radical (unpaired) electrons. The molecular formula is C13H14F3NO6. The van der Waals surface area contributed by atoms with Crippen LogP contribution in [-0.4, -0.2) is 37.2 Å². The summed E-state index contributed by atoms with van der Waals surface area (Å²) in [5, 5.41) is 1.41. The van der Waals surface area contributed by atoms with Gasteiger partial charge in [0.2, 0.25) is 5.88 Å². The summed E-state index contributed by atoms with van der Waals surface area (Å²) < 4.78 is 51.3.